The zero-order chi connectivity index (χ0) is 20.4. The molecule has 1 heterocycles. The second-order valence-electron chi connectivity index (χ2n) is 7.25. The number of benzene rings is 1. The number of carbonyl (C=O) groups is 3. The zero-order valence-corrected chi connectivity index (χ0v) is 15.3. The van der Waals surface area contributed by atoms with Crippen LogP contribution in [0.5, 0.6) is 0 Å². The monoisotopic (exact) mass is 397 g/mol. The lowest BCUT2D eigenvalue weighted by atomic mass is 9.82. The van der Waals surface area contributed by atoms with Crippen molar-refractivity contribution in [2.24, 2.45) is 0 Å². The highest BCUT2D eigenvalue weighted by Gasteiger charge is 2.51. The van der Waals surface area contributed by atoms with E-state index >= 15 is 0 Å². The molecule has 0 radical (unpaired) electrons. The van der Waals surface area contributed by atoms with Crippen LogP contribution in [-0.2, 0) is 22.3 Å². The van der Waals surface area contributed by atoms with E-state index in [1.165, 1.54) is 12.1 Å². The summed E-state index contributed by atoms with van der Waals surface area (Å²) in [6.07, 6.45) is -0.420. The normalized spacial score (nSPS) is 19.0. The number of nitrogens with zero attached hydrogens (tertiary/aromatic N) is 1. The summed E-state index contributed by atoms with van der Waals surface area (Å²) in [6, 6.07) is 4.04. The van der Waals surface area contributed by atoms with Crippen LogP contribution in [0.1, 0.15) is 49.7 Å². The second kappa shape index (κ2) is 7.81. The van der Waals surface area contributed by atoms with Crippen LogP contribution in [0.15, 0.2) is 24.3 Å². The average Bonchev–Trinajstić information content (AvgIpc) is 2.88. The molecule has 1 aromatic carbocycles. The standard InChI is InChI=1S/C19H22F3N3O3/c20-19(21,22)14-6-4-13(5-7-14)12-23-15(26)8-11-25-16(27)18(24-17(25)28)9-2-1-3-10-18/h4-7H,1-3,8-12H2,(H,23,26)(H,24,28). The van der Waals surface area contributed by atoms with Crippen LogP contribution in [0.2, 0.25) is 0 Å². The van der Waals surface area contributed by atoms with Gasteiger partial charge in [-0.05, 0) is 30.5 Å². The number of halogens is 3. The van der Waals surface area contributed by atoms with Crippen LogP contribution >= 0.6 is 0 Å². The van der Waals surface area contributed by atoms with Gasteiger partial charge in [0.1, 0.15) is 5.54 Å². The molecule has 0 bridgehead atoms. The minimum atomic E-state index is -4.40. The molecule has 2 aliphatic rings. The molecule has 6 nitrogen and oxygen atoms in total. The van der Waals surface area contributed by atoms with E-state index < -0.39 is 23.3 Å². The number of hydrogen-bond donors (Lipinski definition) is 2. The van der Waals surface area contributed by atoms with Gasteiger partial charge in [-0.25, -0.2) is 4.79 Å². The zero-order valence-electron chi connectivity index (χ0n) is 15.3. The Kier molecular flexibility index (Phi) is 5.62. The topological polar surface area (TPSA) is 78.5 Å². The van der Waals surface area contributed by atoms with Gasteiger partial charge in [-0.2, -0.15) is 13.2 Å². The highest BCUT2D eigenvalue weighted by Crippen LogP contribution is 2.33. The van der Waals surface area contributed by atoms with E-state index in [0.29, 0.717) is 18.4 Å². The predicted molar refractivity (Wildman–Crippen MR) is 94.0 cm³/mol. The number of hydrogen-bond acceptors (Lipinski definition) is 3. The van der Waals surface area contributed by atoms with Crippen LogP contribution < -0.4 is 10.6 Å². The first-order valence-electron chi connectivity index (χ1n) is 9.28. The first-order chi connectivity index (χ1) is 13.2. The van der Waals surface area contributed by atoms with Gasteiger partial charge in [-0.15, -0.1) is 0 Å². The Morgan fingerprint density at radius 2 is 1.75 bits per heavy atom. The number of urea groups is 1. The van der Waals surface area contributed by atoms with Crippen molar-refractivity contribution in [3.8, 4) is 0 Å². The van der Waals surface area contributed by atoms with E-state index in [1.807, 2.05) is 0 Å². The molecule has 2 N–H and O–H groups in total. The molecule has 9 heteroatoms. The molecular formula is C19H22F3N3O3. The molecule has 1 aromatic rings. The largest absolute Gasteiger partial charge is 0.416 e. The molecule has 1 spiro atoms. The third-order valence-electron chi connectivity index (χ3n) is 5.29. The van der Waals surface area contributed by atoms with E-state index in [9.17, 15) is 27.6 Å². The smallest absolute Gasteiger partial charge is 0.352 e. The Balaban J connectivity index is 1.48. The minimum Gasteiger partial charge on any atom is -0.352 e. The van der Waals surface area contributed by atoms with Gasteiger partial charge in [-0.1, -0.05) is 31.4 Å². The number of alkyl halides is 3. The fourth-order valence-electron chi connectivity index (χ4n) is 3.69. The molecule has 1 saturated heterocycles. The number of carbonyl (C=O) groups excluding carboxylic acids is 3. The van der Waals surface area contributed by atoms with E-state index in [2.05, 4.69) is 10.6 Å². The molecule has 2 fully saturated rings. The third kappa shape index (κ3) is 4.28. The highest BCUT2D eigenvalue weighted by atomic mass is 19.4. The molecule has 1 aliphatic carbocycles. The molecular weight excluding hydrogens is 375 g/mol. The quantitative estimate of drug-likeness (QED) is 0.750. The van der Waals surface area contributed by atoms with Gasteiger partial charge in [0, 0.05) is 19.5 Å². The Labute approximate surface area is 160 Å². The molecule has 1 aliphatic heterocycles. The van der Waals surface area contributed by atoms with Crippen molar-refractivity contribution < 1.29 is 27.6 Å². The van der Waals surface area contributed by atoms with Crippen molar-refractivity contribution in [2.75, 3.05) is 6.54 Å². The van der Waals surface area contributed by atoms with Gasteiger partial charge < -0.3 is 10.6 Å². The second-order valence-corrected chi connectivity index (χ2v) is 7.25. The van der Waals surface area contributed by atoms with Crippen LogP contribution in [0.25, 0.3) is 0 Å². The molecule has 0 atom stereocenters. The molecule has 0 unspecified atom stereocenters. The summed E-state index contributed by atoms with van der Waals surface area (Å²) in [7, 11) is 0. The van der Waals surface area contributed by atoms with E-state index in [-0.39, 0.29) is 31.3 Å². The summed E-state index contributed by atoms with van der Waals surface area (Å²) >= 11 is 0. The van der Waals surface area contributed by atoms with Crippen molar-refractivity contribution in [2.45, 2.75) is 56.8 Å². The Morgan fingerprint density at radius 1 is 1.11 bits per heavy atom. The molecule has 4 amide bonds. The average molecular weight is 397 g/mol. The fourth-order valence-corrected chi connectivity index (χ4v) is 3.69. The summed E-state index contributed by atoms with van der Waals surface area (Å²) in [6.45, 7) is 0.0479. The minimum absolute atomic E-state index is 0.0226. The van der Waals surface area contributed by atoms with Crippen molar-refractivity contribution in [1.82, 2.24) is 15.5 Å². The first kappa shape index (κ1) is 20.2. The van der Waals surface area contributed by atoms with E-state index in [4.69, 9.17) is 0 Å². The van der Waals surface area contributed by atoms with E-state index in [1.54, 1.807) is 0 Å². The Morgan fingerprint density at radius 3 is 2.36 bits per heavy atom. The summed E-state index contributed by atoms with van der Waals surface area (Å²) in [4.78, 5) is 37.9. The van der Waals surface area contributed by atoms with Crippen LogP contribution in [0.3, 0.4) is 0 Å². The molecule has 152 valence electrons. The van der Waals surface area contributed by atoms with Gasteiger partial charge in [-0.3, -0.25) is 14.5 Å². The molecule has 1 saturated carbocycles. The summed E-state index contributed by atoms with van der Waals surface area (Å²) in [5, 5.41) is 5.37. The van der Waals surface area contributed by atoms with Crippen molar-refractivity contribution in [1.29, 1.82) is 0 Å². The molecule has 3 rings (SSSR count). The number of imide groups is 1. The maximum atomic E-state index is 12.6. The third-order valence-corrected chi connectivity index (χ3v) is 5.29. The van der Waals surface area contributed by atoms with Crippen molar-refractivity contribution >= 4 is 17.8 Å². The van der Waals surface area contributed by atoms with Gasteiger partial charge >= 0.3 is 12.2 Å². The lowest BCUT2D eigenvalue weighted by Crippen LogP contribution is -2.48. The van der Waals surface area contributed by atoms with Crippen LogP contribution in [0, 0.1) is 0 Å². The Hall–Kier alpha value is -2.58. The molecule has 0 aromatic heterocycles. The number of amides is 4. The SMILES string of the molecule is O=C(CCN1C(=O)NC2(CCCCC2)C1=O)NCc1ccc(C(F)(F)F)cc1. The molecule has 28 heavy (non-hydrogen) atoms. The lowest BCUT2D eigenvalue weighted by molar-refractivity contribution is -0.137. The number of rotatable bonds is 5. The summed E-state index contributed by atoms with van der Waals surface area (Å²) in [5.41, 5.74) is -1.04. The van der Waals surface area contributed by atoms with Crippen molar-refractivity contribution in [3.05, 3.63) is 35.4 Å². The maximum Gasteiger partial charge on any atom is 0.416 e. The van der Waals surface area contributed by atoms with Gasteiger partial charge in [0.2, 0.25) is 5.91 Å². The Bertz CT molecular complexity index is 756. The predicted octanol–water partition coefficient (Wildman–Crippen LogP) is 2.97. The first-order valence-corrected chi connectivity index (χ1v) is 9.28. The summed E-state index contributed by atoms with van der Waals surface area (Å²) < 4.78 is 37.6. The van der Waals surface area contributed by atoms with Crippen LogP contribution in [-0.4, -0.2) is 34.8 Å². The van der Waals surface area contributed by atoms with Crippen LogP contribution in [0.4, 0.5) is 18.0 Å². The van der Waals surface area contributed by atoms with Gasteiger partial charge in [0.15, 0.2) is 0 Å². The van der Waals surface area contributed by atoms with E-state index in [0.717, 1.165) is 36.3 Å². The lowest BCUT2D eigenvalue weighted by Gasteiger charge is -2.30. The van der Waals surface area contributed by atoms with Gasteiger partial charge in [0.05, 0.1) is 5.56 Å². The van der Waals surface area contributed by atoms with Gasteiger partial charge in [0.25, 0.3) is 5.91 Å². The summed E-state index contributed by atoms with van der Waals surface area (Å²) in [5.74, 6) is -0.655. The number of nitrogens with one attached hydrogen (secondary N) is 2. The van der Waals surface area contributed by atoms with Crippen molar-refractivity contribution in [3.63, 3.8) is 0 Å². The fraction of sp³-hybridized carbons (Fsp3) is 0.526. The highest BCUT2D eigenvalue weighted by molar-refractivity contribution is 6.07. The maximum absolute atomic E-state index is 12.6.